The molecule has 1 aliphatic rings. The van der Waals surface area contributed by atoms with Crippen molar-refractivity contribution in [3.8, 4) is 11.8 Å². The van der Waals surface area contributed by atoms with E-state index in [1.54, 1.807) is 31.5 Å². The Morgan fingerprint density at radius 1 is 1.29 bits per heavy atom. The van der Waals surface area contributed by atoms with Crippen molar-refractivity contribution in [2.45, 2.75) is 31.4 Å². The molecule has 0 bridgehead atoms. The first-order valence-corrected chi connectivity index (χ1v) is 12.4. The van der Waals surface area contributed by atoms with Gasteiger partial charge in [-0.1, -0.05) is 17.9 Å². The van der Waals surface area contributed by atoms with E-state index in [0.29, 0.717) is 48.9 Å². The first-order valence-electron chi connectivity index (χ1n) is 12.4. The molecule has 3 rings (SSSR count). The minimum atomic E-state index is -0.719. The predicted octanol–water partition coefficient (Wildman–Crippen LogP) is 1.73. The van der Waals surface area contributed by atoms with Crippen LogP contribution in [0.15, 0.2) is 42.6 Å². The largest absolute Gasteiger partial charge is 0.391 e. The Morgan fingerprint density at radius 3 is 2.76 bits per heavy atom. The summed E-state index contributed by atoms with van der Waals surface area (Å²) in [4.78, 5) is 37.2. The average Bonchev–Trinajstić information content (AvgIpc) is 3.29. The smallest absolute Gasteiger partial charge is 0.247 e. The summed E-state index contributed by atoms with van der Waals surface area (Å²) in [5.41, 5.74) is 1.28. The van der Waals surface area contributed by atoms with Gasteiger partial charge >= 0.3 is 0 Å². The lowest BCUT2D eigenvalue weighted by Gasteiger charge is -2.22. The summed E-state index contributed by atoms with van der Waals surface area (Å²) in [7, 11) is 5.53. The number of likely N-dealkylation sites (tertiary alicyclic amines) is 1. The summed E-state index contributed by atoms with van der Waals surface area (Å²) in [6.45, 7) is 1.15. The van der Waals surface area contributed by atoms with E-state index >= 15 is 0 Å². The molecular weight excluding hydrogens is 489 g/mol. The summed E-state index contributed by atoms with van der Waals surface area (Å²) in [5.74, 6) is 6.12. The third-order valence-electron chi connectivity index (χ3n) is 5.72. The zero-order valence-electron chi connectivity index (χ0n) is 21.9. The van der Waals surface area contributed by atoms with E-state index in [-0.39, 0.29) is 30.6 Å². The standard InChI is InChI=1S/C27H34FN7O3/c1-29-25-19(17-31-27(33-25)32-21-12-10-20(28)11-13-21)8-5-4-6-14-30-26(38)23-16-22(36)18-35(23)24(37)9-7-15-34(2)3/h7,9-13,17,22-23,36H,4,6,14-16,18H2,1-3H3,(H,30,38)(H2,29,31,32,33)/t22-,23-/m0/s1. The molecule has 10 nitrogen and oxygen atoms in total. The Morgan fingerprint density at radius 2 is 2.05 bits per heavy atom. The van der Waals surface area contributed by atoms with Crippen LogP contribution >= 0.6 is 0 Å². The van der Waals surface area contributed by atoms with Gasteiger partial charge in [0, 0.05) is 51.3 Å². The van der Waals surface area contributed by atoms with Crippen molar-refractivity contribution < 1.29 is 19.1 Å². The van der Waals surface area contributed by atoms with Crippen LogP contribution in [0.3, 0.4) is 0 Å². The Balaban J connectivity index is 1.47. The molecular formula is C27H34FN7O3. The lowest BCUT2D eigenvalue weighted by atomic mass is 10.2. The predicted molar refractivity (Wildman–Crippen MR) is 144 cm³/mol. The number of aromatic nitrogens is 2. The zero-order chi connectivity index (χ0) is 27.5. The van der Waals surface area contributed by atoms with Crippen LogP contribution in [-0.2, 0) is 9.59 Å². The molecule has 2 heterocycles. The number of β-amino-alcohol motifs (C(OH)–C–C–N with tert-alkyl or cyclic N) is 1. The molecule has 0 spiro atoms. The topological polar surface area (TPSA) is 123 Å². The van der Waals surface area contributed by atoms with Gasteiger partial charge in [-0.3, -0.25) is 9.59 Å². The molecule has 1 aromatic heterocycles. The zero-order valence-corrected chi connectivity index (χ0v) is 21.9. The van der Waals surface area contributed by atoms with E-state index in [1.165, 1.54) is 23.1 Å². The van der Waals surface area contributed by atoms with Crippen molar-refractivity contribution >= 4 is 29.3 Å². The summed E-state index contributed by atoms with van der Waals surface area (Å²) in [5, 5.41) is 18.9. The summed E-state index contributed by atoms with van der Waals surface area (Å²) in [6.07, 6.45) is 5.43. The number of amides is 2. The second kappa shape index (κ2) is 14.1. The van der Waals surface area contributed by atoms with Crippen molar-refractivity contribution in [1.29, 1.82) is 0 Å². The highest BCUT2D eigenvalue weighted by molar-refractivity contribution is 5.93. The van der Waals surface area contributed by atoms with Gasteiger partial charge in [-0.2, -0.15) is 4.98 Å². The molecule has 0 saturated carbocycles. The number of hydrogen-bond donors (Lipinski definition) is 4. The van der Waals surface area contributed by atoms with Gasteiger partial charge in [0.25, 0.3) is 0 Å². The fraction of sp³-hybridized carbons (Fsp3) is 0.407. The molecule has 202 valence electrons. The fourth-order valence-electron chi connectivity index (χ4n) is 3.82. The van der Waals surface area contributed by atoms with Crippen LogP contribution in [0.5, 0.6) is 0 Å². The van der Waals surface area contributed by atoms with E-state index in [9.17, 15) is 19.1 Å². The first-order chi connectivity index (χ1) is 18.3. The molecule has 0 aliphatic carbocycles. The van der Waals surface area contributed by atoms with E-state index in [2.05, 4.69) is 37.8 Å². The van der Waals surface area contributed by atoms with Crippen molar-refractivity contribution in [2.75, 3.05) is 51.4 Å². The lowest BCUT2D eigenvalue weighted by molar-refractivity contribution is -0.135. The van der Waals surface area contributed by atoms with Gasteiger partial charge in [0.1, 0.15) is 17.7 Å². The van der Waals surface area contributed by atoms with Crippen molar-refractivity contribution in [2.24, 2.45) is 0 Å². The van der Waals surface area contributed by atoms with E-state index in [0.717, 1.165) is 0 Å². The molecule has 1 aliphatic heterocycles. The van der Waals surface area contributed by atoms with Gasteiger partial charge in [-0.25, -0.2) is 9.37 Å². The number of nitrogens with zero attached hydrogens (tertiary/aromatic N) is 4. The molecule has 1 aromatic carbocycles. The summed E-state index contributed by atoms with van der Waals surface area (Å²) < 4.78 is 13.1. The van der Waals surface area contributed by atoms with Gasteiger partial charge in [0.15, 0.2) is 0 Å². The molecule has 2 atom stereocenters. The number of carbonyl (C=O) groups excluding carboxylic acids is 2. The van der Waals surface area contributed by atoms with Gasteiger partial charge in [-0.15, -0.1) is 0 Å². The van der Waals surface area contributed by atoms with Crippen molar-refractivity contribution in [1.82, 2.24) is 25.1 Å². The highest BCUT2D eigenvalue weighted by Crippen LogP contribution is 2.19. The van der Waals surface area contributed by atoms with Crippen molar-refractivity contribution in [3.63, 3.8) is 0 Å². The Labute approximate surface area is 222 Å². The van der Waals surface area contributed by atoms with E-state index in [4.69, 9.17) is 0 Å². The Hall–Kier alpha value is -4.01. The Bertz CT molecular complexity index is 1190. The average molecular weight is 524 g/mol. The number of halogens is 1. The SMILES string of the molecule is CNc1nc(Nc2ccc(F)cc2)ncc1C#CCCCNC(=O)[C@@H]1C[C@H](O)CN1C(=O)C=CCN(C)C. The molecule has 0 unspecified atom stereocenters. The molecule has 1 saturated heterocycles. The van der Waals surface area contributed by atoms with Crippen LogP contribution in [0, 0.1) is 17.7 Å². The number of carbonyl (C=O) groups is 2. The summed E-state index contributed by atoms with van der Waals surface area (Å²) >= 11 is 0. The van der Waals surface area contributed by atoms with Crippen LogP contribution in [0.1, 0.15) is 24.8 Å². The number of likely N-dealkylation sites (N-methyl/N-ethyl adjacent to an activating group) is 1. The maximum Gasteiger partial charge on any atom is 0.247 e. The van der Waals surface area contributed by atoms with Gasteiger partial charge < -0.3 is 30.9 Å². The first kappa shape index (κ1) is 28.6. The molecule has 4 N–H and O–H groups in total. The lowest BCUT2D eigenvalue weighted by Crippen LogP contribution is -2.45. The molecule has 1 fully saturated rings. The monoisotopic (exact) mass is 523 g/mol. The molecule has 2 aromatic rings. The van der Waals surface area contributed by atoms with Gasteiger partial charge in [-0.05, 0) is 44.8 Å². The number of anilines is 3. The number of hydrogen-bond acceptors (Lipinski definition) is 8. The van der Waals surface area contributed by atoms with E-state index < -0.39 is 12.1 Å². The number of unbranched alkanes of at least 4 members (excludes halogenated alkanes) is 1. The van der Waals surface area contributed by atoms with Gasteiger partial charge in [0.2, 0.25) is 17.8 Å². The molecule has 2 amide bonds. The number of rotatable bonds is 10. The highest BCUT2D eigenvalue weighted by atomic mass is 19.1. The van der Waals surface area contributed by atoms with Crippen LogP contribution in [0.4, 0.5) is 21.8 Å². The van der Waals surface area contributed by atoms with Crippen LogP contribution < -0.4 is 16.0 Å². The Kier molecular flexibility index (Phi) is 10.6. The number of aliphatic hydroxyl groups is 1. The number of nitrogens with one attached hydrogen (secondary N) is 3. The minimum Gasteiger partial charge on any atom is -0.391 e. The highest BCUT2D eigenvalue weighted by Gasteiger charge is 2.37. The third kappa shape index (κ3) is 8.54. The maximum absolute atomic E-state index is 13.1. The minimum absolute atomic E-state index is 0.142. The number of benzene rings is 1. The third-order valence-corrected chi connectivity index (χ3v) is 5.72. The van der Waals surface area contributed by atoms with Crippen LogP contribution in [0.25, 0.3) is 0 Å². The molecule has 11 heteroatoms. The van der Waals surface area contributed by atoms with E-state index in [1.807, 2.05) is 19.0 Å². The van der Waals surface area contributed by atoms with Crippen LogP contribution in [0.2, 0.25) is 0 Å². The second-order valence-corrected chi connectivity index (χ2v) is 9.09. The summed E-state index contributed by atoms with van der Waals surface area (Å²) in [6, 6.07) is 5.20. The molecule has 38 heavy (non-hydrogen) atoms. The molecule has 0 radical (unpaired) electrons. The normalized spacial score (nSPS) is 16.8. The van der Waals surface area contributed by atoms with Gasteiger partial charge in [0.05, 0.1) is 17.9 Å². The second-order valence-electron chi connectivity index (χ2n) is 9.09. The maximum atomic E-state index is 13.1. The van der Waals surface area contributed by atoms with Crippen molar-refractivity contribution in [3.05, 3.63) is 54.0 Å². The fourth-order valence-corrected chi connectivity index (χ4v) is 3.82. The number of aliphatic hydroxyl groups excluding tert-OH is 1. The van der Waals surface area contributed by atoms with Crippen LogP contribution in [-0.4, -0.2) is 89.6 Å². The quantitative estimate of drug-likeness (QED) is 0.211.